The number of ether oxygens (including phenoxy) is 1. The highest BCUT2D eigenvalue weighted by molar-refractivity contribution is 7.18. The minimum atomic E-state index is -0.453. The Bertz CT molecular complexity index is 972. The lowest BCUT2D eigenvalue weighted by molar-refractivity contribution is -0.145. The van der Waals surface area contributed by atoms with Crippen molar-refractivity contribution in [3.63, 3.8) is 0 Å². The molecule has 0 unspecified atom stereocenters. The predicted octanol–water partition coefficient (Wildman–Crippen LogP) is 3.13. The molecule has 0 radical (unpaired) electrons. The van der Waals surface area contributed by atoms with Crippen LogP contribution in [-0.4, -0.2) is 15.5 Å². The monoisotopic (exact) mass is 342 g/mol. The van der Waals surface area contributed by atoms with Crippen LogP contribution in [0.15, 0.2) is 35.4 Å². The van der Waals surface area contributed by atoms with E-state index in [2.05, 4.69) is 4.98 Å². The summed E-state index contributed by atoms with van der Waals surface area (Å²) in [5.41, 5.74) is 2.75. The van der Waals surface area contributed by atoms with Crippen LogP contribution < -0.4 is 5.56 Å². The van der Waals surface area contributed by atoms with Crippen LogP contribution in [0.2, 0.25) is 0 Å². The highest BCUT2D eigenvalue weighted by Crippen LogP contribution is 2.25. The molecule has 0 saturated heterocycles. The van der Waals surface area contributed by atoms with Gasteiger partial charge in [0.15, 0.2) is 0 Å². The lowest BCUT2D eigenvalue weighted by atomic mass is 10.1. The largest absolute Gasteiger partial charge is 0.459 e. The molecule has 0 saturated carbocycles. The van der Waals surface area contributed by atoms with Crippen molar-refractivity contribution in [1.82, 2.24) is 9.55 Å². The van der Waals surface area contributed by atoms with Gasteiger partial charge < -0.3 is 4.74 Å². The quantitative estimate of drug-likeness (QED) is 0.684. The fraction of sp³-hybridized carbons (Fsp3) is 0.278. The van der Waals surface area contributed by atoms with Gasteiger partial charge in [0.2, 0.25) is 0 Å². The average molecular weight is 342 g/mol. The standard InChI is InChI=1S/C18H18N2O3S/c1-11-6-4-5-7-14(11)9-23-15(21)8-20-10-19-17-16(18(20)22)12(2)13(3)24-17/h4-7,10H,8-9H2,1-3H3. The molecule has 0 atom stereocenters. The van der Waals surface area contributed by atoms with E-state index in [1.807, 2.05) is 45.0 Å². The van der Waals surface area contributed by atoms with E-state index in [1.54, 1.807) is 0 Å². The third-order valence-corrected chi connectivity index (χ3v) is 5.22. The predicted molar refractivity (Wildman–Crippen MR) is 94.3 cm³/mol. The highest BCUT2D eigenvalue weighted by Gasteiger charge is 2.14. The molecule has 2 heterocycles. The van der Waals surface area contributed by atoms with E-state index >= 15 is 0 Å². The second-order valence-corrected chi connectivity index (χ2v) is 6.93. The minimum absolute atomic E-state index is 0.137. The number of nitrogens with zero attached hydrogens (tertiary/aromatic N) is 2. The summed E-state index contributed by atoms with van der Waals surface area (Å²) in [5.74, 6) is -0.453. The summed E-state index contributed by atoms with van der Waals surface area (Å²) < 4.78 is 6.60. The van der Waals surface area contributed by atoms with E-state index in [0.717, 1.165) is 21.6 Å². The second-order valence-electron chi connectivity index (χ2n) is 5.73. The van der Waals surface area contributed by atoms with E-state index < -0.39 is 5.97 Å². The summed E-state index contributed by atoms with van der Waals surface area (Å²) in [7, 11) is 0. The van der Waals surface area contributed by atoms with Gasteiger partial charge in [-0.2, -0.15) is 0 Å². The zero-order chi connectivity index (χ0) is 17.3. The summed E-state index contributed by atoms with van der Waals surface area (Å²) in [6, 6.07) is 7.72. The van der Waals surface area contributed by atoms with Crippen molar-refractivity contribution in [3.05, 3.63) is 62.5 Å². The molecule has 0 aliphatic heterocycles. The lowest BCUT2D eigenvalue weighted by Crippen LogP contribution is -2.25. The van der Waals surface area contributed by atoms with Crippen LogP contribution in [0.25, 0.3) is 10.2 Å². The first kappa shape index (κ1) is 16.4. The van der Waals surface area contributed by atoms with Crippen LogP contribution in [0.1, 0.15) is 21.6 Å². The van der Waals surface area contributed by atoms with E-state index in [9.17, 15) is 9.59 Å². The van der Waals surface area contributed by atoms with Crippen molar-refractivity contribution in [1.29, 1.82) is 0 Å². The number of hydrogen-bond donors (Lipinski definition) is 0. The number of aryl methyl sites for hydroxylation is 3. The molecule has 3 aromatic rings. The molecule has 0 N–H and O–H groups in total. The first-order chi connectivity index (χ1) is 11.5. The van der Waals surface area contributed by atoms with Gasteiger partial charge in [0.1, 0.15) is 18.0 Å². The first-order valence-corrected chi connectivity index (χ1v) is 8.44. The highest BCUT2D eigenvalue weighted by atomic mass is 32.1. The van der Waals surface area contributed by atoms with Gasteiger partial charge in [-0.25, -0.2) is 4.98 Å². The Morgan fingerprint density at radius 2 is 2.00 bits per heavy atom. The number of fused-ring (bicyclic) bond motifs is 1. The fourth-order valence-corrected chi connectivity index (χ4v) is 3.49. The lowest BCUT2D eigenvalue weighted by Gasteiger charge is -2.08. The molecule has 0 aliphatic carbocycles. The van der Waals surface area contributed by atoms with Gasteiger partial charge in [0.05, 0.1) is 11.7 Å². The van der Waals surface area contributed by atoms with Gasteiger partial charge in [-0.3, -0.25) is 14.2 Å². The molecular formula is C18H18N2O3S. The van der Waals surface area contributed by atoms with Gasteiger partial charge in [0.25, 0.3) is 5.56 Å². The smallest absolute Gasteiger partial charge is 0.326 e. The summed E-state index contributed by atoms with van der Waals surface area (Å²) >= 11 is 1.49. The Morgan fingerprint density at radius 1 is 1.25 bits per heavy atom. The third kappa shape index (κ3) is 3.10. The molecule has 2 aromatic heterocycles. The van der Waals surface area contributed by atoms with Gasteiger partial charge >= 0.3 is 5.97 Å². The van der Waals surface area contributed by atoms with Gasteiger partial charge in [-0.15, -0.1) is 11.3 Å². The Hall–Kier alpha value is -2.47. The van der Waals surface area contributed by atoms with E-state index in [4.69, 9.17) is 4.74 Å². The number of hydrogen-bond acceptors (Lipinski definition) is 5. The normalized spacial score (nSPS) is 11.0. The minimum Gasteiger partial charge on any atom is -0.459 e. The number of carbonyl (C=O) groups excluding carboxylic acids is 1. The van der Waals surface area contributed by atoms with Crippen LogP contribution in [0, 0.1) is 20.8 Å². The SMILES string of the molecule is Cc1ccccc1COC(=O)Cn1cnc2sc(C)c(C)c2c1=O. The van der Waals surface area contributed by atoms with Crippen LogP contribution in [0.3, 0.4) is 0 Å². The maximum atomic E-state index is 12.5. The first-order valence-electron chi connectivity index (χ1n) is 7.62. The molecule has 124 valence electrons. The number of thiophene rings is 1. The summed E-state index contributed by atoms with van der Waals surface area (Å²) in [6.45, 7) is 5.89. The second kappa shape index (κ2) is 6.57. The molecule has 0 aliphatic rings. The van der Waals surface area contributed by atoms with Gasteiger partial charge in [0, 0.05) is 4.88 Å². The Balaban J connectivity index is 1.76. The number of benzene rings is 1. The van der Waals surface area contributed by atoms with Crippen LogP contribution >= 0.6 is 11.3 Å². The summed E-state index contributed by atoms with van der Waals surface area (Å²) in [5, 5.41) is 0.590. The molecule has 0 bridgehead atoms. The van der Waals surface area contributed by atoms with Crippen molar-refractivity contribution < 1.29 is 9.53 Å². The van der Waals surface area contributed by atoms with E-state index in [-0.39, 0.29) is 18.7 Å². The number of rotatable bonds is 4. The summed E-state index contributed by atoms with van der Waals surface area (Å²) in [4.78, 5) is 30.7. The number of aromatic nitrogens is 2. The zero-order valence-corrected chi connectivity index (χ0v) is 14.6. The number of carbonyl (C=O) groups is 1. The van der Waals surface area contributed by atoms with Gasteiger partial charge in [-0.1, -0.05) is 24.3 Å². The van der Waals surface area contributed by atoms with Crippen LogP contribution in [0.5, 0.6) is 0 Å². The van der Waals surface area contributed by atoms with Crippen molar-refractivity contribution in [2.45, 2.75) is 33.9 Å². The average Bonchev–Trinajstić information content (AvgIpc) is 2.85. The molecule has 6 heteroatoms. The molecule has 3 rings (SSSR count). The molecule has 0 fully saturated rings. The van der Waals surface area contributed by atoms with Gasteiger partial charge in [-0.05, 0) is 37.5 Å². The zero-order valence-electron chi connectivity index (χ0n) is 13.8. The van der Waals surface area contributed by atoms with Crippen molar-refractivity contribution in [2.75, 3.05) is 0 Å². The molecule has 24 heavy (non-hydrogen) atoms. The summed E-state index contributed by atoms with van der Waals surface area (Å²) in [6.07, 6.45) is 1.41. The Morgan fingerprint density at radius 3 is 2.75 bits per heavy atom. The van der Waals surface area contributed by atoms with E-state index in [0.29, 0.717) is 10.2 Å². The fourth-order valence-electron chi connectivity index (χ4n) is 2.50. The van der Waals surface area contributed by atoms with E-state index in [1.165, 1.54) is 22.2 Å². The van der Waals surface area contributed by atoms with Crippen molar-refractivity contribution >= 4 is 27.5 Å². The molecular weight excluding hydrogens is 324 g/mol. The molecule has 5 nitrogen and oxygen atoms in total. The maximum absolute atomic E-state index is 12.5. The molecule has 0 spiro atoms. The number of esters is 1. The Kier molecular flexibility index (Phi) is 4.49. The third-order valence-electron chi connectivity index (χ3n) is 4.11. The van der Waals surface area contributed by atoms with Crippen LogP contribution in [0.4, 0.5) is 0 Å². The van der Waals surface area contributed by atoms with Crippen molar-refractivity contribution in [3.8, 4) is 0 Å². The topological polar surface area (TPSA) is 61.2 Å². The Labute approximate surface area is 143 Å². The van der Waals surface area contributed by atoms with Crippen LogP contribution in [-0.2, 0) is 22.7 Å². The molecule has 1 aromatic carbocycles. The van der Waals surface area contributed by atoms with Crippen molar-refractivity contribution in [2.24, 2.45) is 0 Å². The maximum Gasteiger partial charge on any atom is 0.326 e. The molecule has 0 amide bonds.